The third kappa shape index (κ3) is 3.78. The second-order valence-corrected chi connectivity index (χ2v) is 8.18. The van der Waals surface area contributed by atoms with E-state index in [1.807, 2.05) is 18.7 Å². The SMILES string of the molecule is CCCn1cc(S(=O)(=O)NCC2CCCS2)cc1CO. The second-order valence-electron chi connectivity index (χ2n) is 5.01. The van der Waals surface area contributed by atoms with Crippen molar-refractivity contribution in [3.63, 3.8) is 0 Å². The molecule has 1 aliphatic rings. The number of thioether (sulfide) groups is 1. The van der Waals surface area contributed by atoms with E-state index in [9.17, 15) is 13.5 Å². The molecule has 1 atom stereocenters. The van der Waals surface area contributed by atoms with Crippen LogP contribution in [0, 0.1) is 0 Å². The lowest BCUT2D eigenvalue weighted by Crippen LogP contribution is -2.29. The molecule has 0 amide bonds. The van der Waals surface area contributed by atoms with Crippen LogP contribution in [0.5, 0.6) is 0 Å². The van der Waals surface area contributed by atoms with Crippen molar-refractivity contribution in [1.29, 1.82) is 0 Å². The van der Waals surface area contributed by atoms with Gasteiger partial charge in [0.05, 0.1) is 11.5 Å². The minimum atomic E-state index is -3.47. The van der Waals surface area contributed by atoms with Crippen LogP contribution in [0.2, 0.25) is 0 Å². The molecular formula is C13H22N2O3S2. The Hall–Kier alpha value is -0.500. The van der Waals surface area contributed by atoms with E-state index in [1.54, 1.807) is 16.8 Å². The molecule has 0 spiro atoms. The molecule has 1 fully saturated rings. The van der Waals surface area contributed by atoms with Gasteiger partial charge < -0.3 is 9.67 Å². The Kier molecular flexibility index (Phi) is 5.54. The van der Waals surface area contributed by atoms with Gasteiger partial charge in [-0.1, -0.05) is 6.92 Å². The van der Waals surface area contributed by atoms with E-state index in [1.165, 1.54) is 6.42 Å². The van der Waals surface area contributed by atoms with Crippen molar-refractivity contribution in [2.24, 2.45) is 0 Å². The normalized spacial score (nSPS) is 19.6. The fraction of sp³-hybridized carbons (Fsp3) is 0.692. The molecule has 1 unspecified atom stereocenters. The molecule has 2 rings (SSSR count). The third-order valence-electron chi connectivity index (χ3n) is 3.42. The first-order valence-corrected chi connectivity index (χ1v) is 9.51. The van der Waals surface area contributed by atoms with Crippen LogP contribution in [0.3, 0.4) is 0 Å². The first-order chi connectivity index (χ1) is 9.56. The van der Waals surface area contributed by atoms with Gasteiger partial charge in [-0.2, -0.15) is 11.8 Å². The lowest BCUT2D eigenvalue weighted by Gasteiger charge is -2.09. The number of nitrogens with zero attached hydrogens (tertiary/aromatic N) is 1. The average Bonchev–Trinajstić information content (AvgIpc) is 3.06. The van der Waals surface area contributed by atoms with Gasteiger partial charge in [-0.25, -0.2) is 13.1 Å². The van der Waals surface area contributed by atoms with Gasteiger partial charge in [-0.05, 0) is 31.1 Å². The largest absolute Gasteiger partial charge is 0.390 e. The molecule has 2 heterocycles. The molecular weight excluding hydrogens is 296 g/mol. The maximum atomic E-state index is 12.3. The number of aliphatic hydroxyl groups is 1. The molecule has 20 heavy (non-hydrogen) atoms. The molecule has 2 N–H and O–H groups in total. The minimum Gasteiger partial charge on any atom is -0.390 e. The van der Waals surface area contributed by atoms with Crippen molar-refractivity contribution < 1.29 is 13.5 Å². The molecule has 0 bridgehead atoms. The average molecular weight is 318 g/mol. The number of sulfonamides is 1. The highest BCUT2D eigenvalue weighted by atomic mass is 32.2. The monoisotopic (exact) mass is 318 g/mol. The molecule has 0 aliphatic carbocycles. The third-order valence-corrected chi connectivity index (χ3v) is 6.21. The van der Waals surface area contributed by atoms with Crippen LogP contribution in [-0.2, 0) is 23.2 Å². The van der Waals surface area contributed by atoms with Crippen LogP contribution in [0.25, 0.3) is 0 Å². The summed E-state index contributed by atoms with van der Waals surface area (Å²) >= 11 is 1.83. The van der Waals surface area contributed by atoms with E-state index < -0.39 is 10.0 Å². The van der Waals surface area contributed by atoms with Gasteiger partial charge in [-0.3, -0.25) is 0 Å². The topological polar surface area (TPSA) is 71.3 Å². The Labute approximate surface area is 124 Å². The summed E-state index contributed by atoms with van der Waals surface area (Å²) in [6, 6.07) is 1.56. The van der Waals surface area contributed by atoms with Gasteiger partial charge in [0.25, 0.3) is 0 Å². The van der Waals surface area contributed by atoms with E-state index in [2.05, 4.69) is 4.72 Å². The predicted octanol–water partition coefficient (Wildman–Crippen LogP) is 1.56. The van der Waals surface area contributed by atoms with E-state index in [0.717, 1.165) is 18.6 Å². The van der Waals surface area contributed by atoms with E-state index in [-0.39, 0.29) is 11.5 Å². The fourth-order valence-corrected chi connectivity index (χ4v) is 4.80. The Morgan fingerprint density at radius 2 is 2.35 bits per heavy atom. The smallest absolute Gasteiger partial charge is 0.242 e. The number of nitrogens with one attached hydrogen (secondary N) is 1. The maximum Gasteiger partial charge on any atom is 0.242 e. The second kappa shape index (κ2) is 6.98. The lowest BCUT2D eigenvalue weighted by molar-refractivity contribution is 0.270. The van der Waals surface area contributed by atoms with Crippen molar-refractivity contribution in [1.82, 2.24) is 9.29 Å². The molecule has 1 aliphatic heterocycles. The molecule has 5 nitrogen and oxygen atoms in total. The summed E-state index contributed by atoms with van der Waals surface area (Å²) in [5.74, 6) is 1.12. The van der Waals surface area contributed by atoms with Crippen LogP contribution in [0.4, 0.5) is 0 Å². The van der Waals surface area contributed by atoms with Gasteiger partial charge in [0.2, 0.25) is 10.0 Å². The Morgan fingerprint density at radius 1 is 1.55 bits per heavy atom. The number of hydrogen-bond donors (Lipinski definition) is 2. The summed E-state index contributed by atoms with van der Waals surface area (Å²) < 4.78 is 29.0. The summed E-state index contributed by atoms with van der Waals surface area (Å²) in [5, 5.41) is 9.68. The lowest BCUT2D eigenvalue weighted by atomic mass is 10.2. The summed E-state index contributed by atoms with van der Waals surface area (Å²) in [6.07, 6.45) is 4.75. The highest BCUT2D eigenvalue weighted by molar-refractivity contribution is 8.00. The zero-order valence-corrected chi connectivity index (χ0v) is 13.3. The molecule has 114 valence electrons. The molecule has 0 aromatic carbocycles. The van der Waals surface area contributed by atoms with E-state index >= 15 is 0 Å². The van der Waals surface area contributed by atoms with Crippen molar-refractivity contribution in [2.75, 3.05) is 12.3 Å². The van der Waals surface area contributed by atoms with E-state index in [0.29, 0.717) is 24.0 Å². The standard InChI is InChI=1S/C13H22N2O3S2/c1-2-5-15-9-13(7-11(15)10-16)20(17,18)14-8-12-4-3-6-19-12/h7,9,12,14,16H,2-6,8,10H2,1H3. The van der Waals surface area contributed by atoms with Crippen LogP contribution in [0.1, 0.15) is 31.9 Å². The molecule has 7 heteroatoms. The summed E-state index contributed by atoms with van der Waals surface area (Å²) in [5.41, 5.74) is 0.641. The highest BCUT2D eigenvalue weighted by Gasteiger charge is 2.21. The number of aliphatic hydroxyl groups excluding tert-OH is 1. The molecule has 1 saturated heterocycles. The first-order valence-electron chi connectivity index (χ1n) is 6.98. The molecule has 1 aromatic rings. The first kappa shape index (κ1) is 15.9. The number of aryl methyl sites for hydroxylation is 1. The van der Waals surface area contributed by atoms with Gasteiger partial charge >= 0.3 is 0 Å². The minimum absolute atomic E-state index is 0.145. The van der Waals surface area contributed by atoms with Crippen LogP contribution in [0.15, 0.2) is 17.2 Å². The quantitative estimate of drug-likeness (QED) is 0.800. The van der Waals surface area contributed by atoms with Crippen molar-refractivity contribution in [3.8, 4) is 0 Å². The number of hydrogen-bond acceptors (Lipinski definition) is 4. The fourth-order valence-electron chi connectivity index (χ4n) is 2.34. The number of rotatable bonds is 7. The highest BCUT2D eigenvalue weighted by Crippen LogP contribution is 2.25. The molecule has 1 aromatic heterocycles. The van der Waals surface area contributed by atoms with Crippen LogP contribution in [-0.4, -0.2) is 35.6 Å². The maximum absolute atomic E-state index is 12.3. The Bertz CT molecular complexity index is 534. The Morgan fingerprint density at radius 3 is 2.95 bits per heavy atom. The van der Waals surface area contributed by atoms with Crippen LogP contribution < -0.4 is 4.72 Å². The summed E-state index contributed by atoms with van der Waals surface area (Å²) in [4.78, 5) is 0.248. The molecule has 0 radical (unpaired) electrons. The van der Waals surface area contributed by atoms with Gasteiger partial charge in [0.15, 0.2) is 0 Å². The Balaban J connectivity index is 2.07. The van der Waals surface area contributed by atoms with Crippen molar-refractivity contribution in [2.45, 2.75) is 49.5 Å². The predicted molar refractivity (Wildman–Crippen MR) is 81.3 cm³/mol. The van der Waals surface area contributed by atoms with Gasteiger partial charge in [0.1, 0.15) is 0 Å². The zero-order chi connectivity index (χ0) is 14.6. The van der Waals surface area contributed by atoms with Gasteiger partial charge in [0, 0.05) is 30.2 Å². The van der Waals surface area contributed by atoms with Gasteiger partial charge in [-0.15, -0.1) is 0 Å². The number of aromatic nitrogens is 1. The van der Waals surface area contributed by atoms with E-state index in [4.69, 9.17) is 0 Å². The summed E-state index contributed by atoms with van der Waals surface area (Å²) in [7, 11) is -3.47. The van der Waals surface area contributed by atoms with Crippen LogP contribution >= 0.6 is 11.8 Å². The van der Waals surface area contributed by atoms with Crippen molar-refractivity contribution in [3.05, 3.63) is 18.0 Å². The molecule has 0 saturated carbocycles. The summed E-state index contributed by atoms with van der Waals surface area (Å²) in [6.45, 7) is 3.07. The zero-order valence-electron chi connectivity index (χ0n) is 11.7. The van der Waals surface area contributed by atoms with Crippen molar-refractivity contribution >= 4 is 21.8 Å².